The van der Waals surface area contributed by atoms with Crippen molar-refractivity contribution in [2.45, 2.75) is 25.4 Å². The third kappa shape index (κ3) is 0.893. The van der Waals surface area contributed by atoms with Crippen molar-refractivity contribution in [3.63, 3.8) is 0 Å². The molecule has 0 aromatic carbocycles. The zero-order valence-electron chi connectivity index (χ0n) is 9.98. The third-order valence-corrected chi connectivity index (χ3v) is 4.39. The second kappa shape index (κ2) is 2.83. The van der Waals surface area contributed by atoms with E-state index in [1.165, 1.54) is 11.4 Å². The van der Waals surface area contributed by atoms with E-state index in [0.29, 0.717) is 12.3 Å². The van der Waals surface area contributed by atoms with E-state index in [2.05, 4.69) is 68.0 Å². The molecule has 0 bridgehead atoms. The minimum atomic E-state index is 0.359. The maximum absolute atomic E-state index is 2.45. The van der Waals surface area contributed by atoms with Gasteiger partial charge in [-0.15, -0.1) is 0 Å². The highest BCUT2D eigenvalue weighted by atomic mass is 15.5. The lowest BCUT2D eigenvalue weighted by molar-refractivity contribution is 0.0265. The fourth-order valence-corrected chi connectivity index (χ4v) is 3.61. The summed E-state index contributed by atoms with van der Waals surface area (Å²) in [5.41, 5.74) is 2.79. The van der Waals surface area contributed by atoms with Gasteiger partial charge in [0.2, 0.25) is 0 Å². The van der Waals surface area contributed by atoms with Crippen molar-refractivity contribution in [3.8, 4) is 0 Å². The second-order valence-corrected chi connectivity index (χ2v) is 5.28. The summed E-state index contributed by atoms with van der Waals surface area (Å²) in [5.74, 6) is 0. The van der Waals surface area contributed by atoms with Gasteiger partial charge in [0.25, 0.3) is 0 Å². The molecule has 5 rings (SSSR count). The van der Waals surface area contributed by atoms with Gasteiger partial charge in [0.15, 0.2) is 0 Å². The van der Waals surface area contributed by atoms with E-state index in [4.69, 9.17) is 0 Å². The average Bonchev–Trinajstić information content (AvgIpc) is 3.08. The molecule has 0 saturated carbocycles. The van der Waals surface area contributed by atoms with Gasteiger partial charge in [-0.2, -0.15) is 0 Å². The van der Waals surface area contributed by atoms with Crippen LogP contribution < -0.4 is 0 Å². The van der Waals surface area contributed by atoms with Gasteiger partial charge in [0.1, 0.15) is 12.3 Å². The minimum Gasteiger partial charge on any atom is -0.347 e. The first-order valence-corrected chi connectivity index (χ1v) is 6.43. The molecule has 0 N–H and O–H groups in total. The quantitative estimate of drug-likeness (QED) is 0.695. The minimum absolute atomic E-state index is 0.359. The second-order valence-electron chi connectivity index (χ2n) is 5.28. The molecule has 18 heavy (non-hydrogen) atoms. The van der Waals surface area contributed by atoms with Crippen LogP contribution in [0.3, 0.4) is 0 Å². The van der Waals surface area contributed by atoms with E-state index in [-0.39, 0.29) is 0 Å². The molecule has 0 amide bonds. The highest BCUT2D eigenvalue weighted by molar-refractivity contribution is 5.23. The SMILES string of the molecule is C1=CN2Cc3cccn3C3C2N1Cc1cccn13. The van der Waals surface area contributed by atoms with Crippen LogP contribution in [0.5, 0.6) is 0 Å². The van der Waals surface area contributed by atoms with Crippen molar-refractivity contribution in [3.05, 3.63) is 60.4 Å². The maximum Gasteiger partial charge on any atom is 0.149 e. The van der Waals surface area contributed by atoms with Crippen LogP contribution in [0.2, 0.25) is 0 Å². The van der Waals surface area contributed by atoms with Crippen LogP contribution in [0, 0.1) is 0 Å². The number of aromatic nitrogens is 2. The standard InChI is InChI=1S/C14H14N4/c1-3-11-9-15-7-8-16-10-12-4-2-6-18(12)14(13(15)16)17(11)5-1/h1-8,13-14H,9-10H2. The smallest absolute Gasteiger partial charge is 0.149 e. The van der Waals surface area contributed by atoms with Crippen molar-refractivity contribution in [2.75, 3.05) is 0 Å². The zero-order chi connectivity index (χ0) is 11.7. The van der Waals surface area contributed by atoms with Crippen LogP contribution in [0.4, 0.5) is 0 Å². The first-order chi connectivity index (χ1) is 8.92. The topological polar surface area (TPSA) is 16.3 Å². The summed E-state index contributed by atoms with van der Waals surface area (Å²) >= 11 is 0. The van der Waals surface area contributed by atoms with Crippen molar-refractivity contribution in [2.24, 2.45) is 0 Å². The van der Waals surface area contributed by atoms with Crippen molar-refractivity contribution < 1.29 is 0 Å². The zero-order valence-corrected chi connectivity index (χ0v) is 9.98. The third-order valence-electron chi connectivity index (χ3n) is 4.39. The highest BCUT2D eigenvalue weighted by Gasteiger charge is 2.43. The first-order valence-electron chi connectivity index (χ1n) is 6.43. The summed E-state index contributed by atoms with van der Waals surface area (Å²) in [6, 6.07) is 8.77. The Morgan fingerprint density at radius 3 is 1.89 bits per heavy atom. The van der Waals surface area contributed by atoms with Crippen LogP contribution >= 0.6 is 0 Å². The molecule has 0 unspecified atom stereocenters. The van der Waals surface area contributed by atoms with Crippen LogP contribution in [0.15, 0.2) is 49.1 Å². The number of hydrogen-bond acceptors (Lipinski definition) is 2. The van der Waals surface area contributed by atoms with Crippen molar-refractivity contribution in [1.82, 2.24) is 18.9 Å². The number of rotatable bonds is 0. The van der Waals surface area contributed by atoms with Gasteiger partial charge >= 0.3 is 0 Å². The van der Waals surface area contributed by atoms with Gasteiger partial charge in [-0.1, -0.05) is 0 Å². The van der Waals surface area contributed by atoms with Gasteiger partial charge in [0.05, 0.1) is 13.1 Å². The van der Waals surface area contributed by atoms with E-state index < -0.39 is 0 Å². The number of nitrogens with zero attached hydrogens (tertiary/aromatic N) is 4. The molecule has 90 valence electrons. The van der Waals surface area contributed by atoms with E-state index in [9.17, 15) is 0 Å². The van der Waals surface area contributed by atoms with Gasteiger partial charge in [-0.25, -0.2) is 0 Å². The lowest BCUT2D eigenvalue weighted by Gasteiger charge is -2.47. The molecule has 0 atom stereocenters. The Morgan fingerprint density at radius 1 is 0.778 bits per heavy atom. The van der Waals surface area contributed by atoms with Gasteiger partial charge in [-0.05, 0) is 24.3 Å². The largest absolute Gasteiger partial charge is 0.347 e. The molecule has 0 aliphatic carbocycles. The van der Waals surface area contributed by atoms with E-state index in [0.717, 1.165) is 13.1 Å². The molecule has 2 aromatic rings. The molecule has 3 aliphatic heterocycles. The Bertz CT molecular complexity index is 596. The molecule has 0 fully saturated rings. The van der Waals surface area contributed by atoms with Gasteiger partial charge in [0, 0.05) is 36.2 Å². The van der Waals surface area contributed by atoms with Crippen LogP contribution in [-0.4, -0.2) is 25.1 Å². The number of fused-ring (bicyclic) bond motifs is 4. The van der Waals surface area contributed by atoms with Crippen LogP contribution in [0.1, 0.15) is 17.6 Å². The summed E-state index contributed by atoms with van der Waals surface area (Å²) in [6.07, 6.45) is 9.69. The maximum atomic E-state index is 2.45. The fourth-order valence-electron chi connectivity index (χ4n) is 3.61. The molecule has 3 aliphatic rings. The molecule has 4 heteroatoms. The fraction of sp³-hybridized carbons (Fsp3) is 0.286. The number of hydrogen-bond donors (Lipinski definition) is 0. The molecule has 0 radical (unpaired) electrons. The van der Waals surface area contributed by atoms with Gasteiger partial charge < -0.3 is 18.9 Å². The highest BCUT2D eigenvalue weighted by Crippen LogP contribution is 2.39. The van der Waals surface area contributed by atoms with Crippen molar-refractivity contribution in [1.29, 1.82) is 0 Å². The molecule has 5 heterocycles. The first kappa shape index (κ1) is 8.91. The Labute approximate surface area is 105 Å². The summed E-state index contributed by atoms with van der Waals surface area (Å²) < 4.78 is 4.84. The van der Waals surface area contributed by atoms with Crippen molar-refractivity contribution >= 4 is 0 Å². The Morgan fingerprint density at radius 2 is 1.33 bits per heavy atom. The van der Waals surface area contributed by atoms with E-state index in [1.807, 2.05) is 0 Å². The normalized spacial score (nSPS) is 27.1. The predicted molar refractivity (Wildman–Crippen MR) is 67.3 cm³/mol. The predicted octanol–water partition coefficient (Wildman–Crippen LogP) is 1.78. The van der Waals surface area contributed by atoms with E-state index in [1.54, 1.807) is 0 Å². The summed E-state index contributed by atoms with van der Waals surface area (Å²) in [4.78, 5) is 4.89. The molecule has 2 aromatic heterocycles. The lowest BCUT2D eigenvalue weighted by Crippen LogP contribution is -2.53. The Balaban J connectivity index is 1.79. The molecule has 0 spiro atoms. The average molecular weight is 238 g/mol. The van der Waals surface area contributed by atoms with E-state index >= 15 is 0 Å². The van der Waals surface area contributed by atoms with Crippen LogP contribution in [0.25, 0.3) is 0 Å². The summed E-state index contributed by atoms with van der Waals surface area (Å²) in [7, 11) is 0. The summed E-state index contributed by atoms with van der Waals surface area (Å²) in [5, 5.41) is 0. The lowest BCUT2D eigenvalue weighted by atomic mass is 10.1. The molecular formula is C14H14N4. The van der Waals surface area contributed by atoms with Gasteiger partial charge in [-0.3, -0.25) is 0 Å². The summed E-state index contributed by atoms with van der Waals surface area (Å²) in [6.45, 7) is 2.02. The Hall–Kier alpha value is -2.10. The van der Waals surface area contributed by atoms with Crippen LogP contribution in [-0.2, 0) is 13.1 Å². The Kier molecular flexibility index (Phi) is 1.40. The monoisotopic (exact) mass is 238 g/mol. The molecule has 4 nitrogen and oxygen atoms in total. The molecule has 0 saturated heterocycles. The molecular weight excluding hydrogens is 224 g/mol.